The van der Waals surface area contributed by atoms with Gasteiger partial charge in [0.1, 0.15) is 11.6 Å². The number of nitrogens with two attached hydrogens (primary N) is 1. The largest absolute Gasteiger partial charge is 0.354 e. The first-order valence-electron chi connectivity index (χ1n) is 13.7. The summed E-state index contributed by atoms with van der Waals surface area (Å²) in [5, 5.41) is 6.30. The molecule has 4 N–H and O–H groups in total. The van der Waals surface area contributed by atoms with Gasteiger partial charge >= 0.3 is 0 Å². The summed E-state index contributed by atoms with van der Waals surface area (Å²) < 4.78 is 15.7. The van der Waals surface area contributed by atoms with Gasteiger partial charge in [0, 0.05) is 68.5 Å². The molecule has 0 radical (unpaired) electrons. The van der Waals surface area contributed by atoms with Crippen LogP contribution < -0.4 is 16.4 Å². The van der Waals surface area contributed by atoms with Gasteiger partial charge in [0.15, 0.2) is 5.82 Å². The van der Waals surface area contributed by atoms with Crippen molar-refractivity contribution in [3.8, 4) is 11.1 Å². The maximum absolute atomic E-state index is 15.7. The number of benzene rings is 1. The van der Waals surface area contributed by atoms with Crippen molar-refractivity contribution in [2.75, 3.05) is 49.9 Å². The molecule has 1 saturated heterocycles. The molecule has 206 valence electrons. The number of rotatable bonds is 11. The Morgan fingerprint density at radius 2 is 1.85 bits per heavy atom. The summed E-state index contributed by atoms with van der Waals surface area (Å²) in [6.45, 7) is 8.35. The number of ketones is 1. The SMILES string of the molecule is CC(=O)C1(N2CCN(C(C)c3cccc(Nc4cc(-c5cnc(NCCCN)nc5)ccn4)c3F)CC2)CC1. The van der Waals surface area contributed by atoms with Crippen LogP contribution in [0.3, 0.4) is 0 Å². The number of aromatic nitrogens is 3. The smallest absolute Gasteiger partial charge is 0.222 e. The van der Waals surface area contributed by atoms with E-state index in [1.807, 2.05) is 31.2 Å². The number of nitrogens with one attached hydrogen (secondary N) is 2. The second kappa shape index (κ2) is 11.7. The van der Waals surface area contributed by atoms with Gasteiger partial charge in [-0.25, -0.2) is 19.3 Å². The molecule has 2 aromatic heterocycles. The molecular weight excluding hydrogens is 495 g/mol. The first-order valence-corrected chi connectivity index (χ1v) is 13.7. The molecule has 1 atom stereocenters. The number of nitrogens with zero attached hydrogens (tertiary/aromatic N) is 5. The zero-order chi connectivity index (χ0) is 27.4. The van der Waals surface area contributed by atoms with Gasteiger partial charge in [-0.15, -0.1) is 0 Å². The van der Waals surface area contributed by atoms with E-state index in [4.69, 9.17) is 5.73 Å². The van der Waals surface area contributed by atoms with Crippen molar-refractivity contribution < 1.29 is 9.18 Å². The Balaban J connectivity index is 1.25. The molecule has 2 aliphatic rings. The molecule has 1 aliphatic carbocycles. The lowest BCUT2D eigenvalue weighted by Crippen LogP contribution is -2.54. The highest BCUT2D eigenvalue weighted by atomic mass is 19.1. The number of pyridine rings is 1. The fraction of sp³-hybridized carbons (Fsp3) is 0.448. The van der Waals surface area contributed by atoms with E-state index in [-0.39, 0.29) is 23.2 Å². The van der Waals surface area contributed by atoms with Gasteiger partial charge in [-0.3, -0.25) is 14.6 Å². The fourth-order valence-corrected chi connectivity index (χ4v) is 5.40. The van der Waals surface area contributed by atoms with Crippen LogP contribution in [0.2, 0.25) is 0 Å². The predicted molar refractivity (Wildman–Crippen MR) is 151 cm³/mol. The molecule has 1 unspecified atom stereocenters. The Bertz CT molecular complexity index is 1290. The van der Waals surface area contributed by atoms with Crippen LogP contribution >= 0.6 is 0 Å². The fourth-order valence-electron chi connectivity index (χ4n) is 5.40. The number of Topliss-reactive ketones (excluding diaryl/α,β-unsaturated/α-hetero) is 1. The molecule has 1 aromatic carbocycles. The van der Waals surface area contributed by atoms with E-state index >= 15 is 4.39 Å². The lowest BCUT2D eigenvalue weighted by atomic mass is 10.0. The molecule has 2 fully saturated rings. The van der Waals surface area contributed by atoms with E-state index < -0.39 is 0 Å². The Hall–Kier alpha value is -3.47. The second-order valence-electron chi connectivity index (χ2n) is 10.4. The summed E-state index contributed by atoms with van der Waals surface area (Å²) >= 11 is 0. The van der Waals surface area contributed by atoms with E-state index in [9.17, 15) is 4.79 Å². The van der Waals surface area contributed by atoms with Crippen LogP contribution in [0.4, 0.5) is 21.8 Å². The zero-order valence-corrected chi connectivity index (χ0v) is 22.7. The summed E-state index contributed by atoms with van der Waals surface area (Å²) in [5.41, 5.74) is 8.03. The average Bonchev–Trinajstić information content (AvgIpc) is 3.77. The first kappa shape index (κ1) is 27.1. The van der Waals surface area contributed by atoms with Crippen LogP contribution in [-0.2, 0) is 4.79 Å². The summed E-state index contributed by atoms with van der Waals surface area (Å²) in [5.74, 6) is 1.08. The standard InChI is InChI=1S/C29H37FN8O/c1-20(37-13-15-38(16-14-37)29(8-9-29)21(2)39)24-5-3-6-25(27(24)30)36-26-17-22(7-12-32-26)23-18-34-28(35-19-23)33-11-4-10-31/h3,5-7,12,17-20H,4,8-11,13-16,31H2,1-2H3,(H,32,36)(H,33,34,35). The highest BCUT2D eigenvalue weighted by molar-refractivity contribution is 5.89. The van der Waals surface area contributed by atoms with E-state index in [1.54, 1.807) is 31.6 Å². The topological polar surface area (TPSA) is 112 Å². The van der Waals surface area contributed by atoms with Crippen molar-refractivity contribution in [1.29, 1.82) is 0 Å². The number of hydrogen-bond donors (Lipinski definition) is 3. The van der Waals surface area contributed by atoms with Crippen molar-refractivity contribution in [3.63, 3.8) is 0 Å². The number of piperazine rings is 1. The van der Waals surface area contributed by atoms with Gasteiger partial charge in [-0.2, -0.15) is 0 Å². The third kappa shape index (κ3) is 5.93. The van der Waals surface area contributed by atoms with Gasteiger partial charge in [0.25, 0.3) is 0 Å². The van der Waals surface area contributed by atoms with Gasteiger partial charge in [0.2, 0.25) is 5.95 Å². The minimum absolute atomic E-state index is 0.0881. The third-order valence-electron chi connectivity index (χ3n) is 8.00. The lowest BCUT2D eigenvalue weighted by molar-refractivity contribution is -0.124. The molecule has 5 rings (SSSR count). The van der Waals surface area contributed by atoms with Crippen LogP contribution in [0.1, 0.15) is 44.7 Å². The van der Waals surface area contributed by atoms with Crippen molar-refractivity contribution in [2.24, 2.45) is 5.73 Å². The molecule has 3 aromatic rings. The Morgan fingerprint density at radius 1 is 1.10 bits per heavy atom. The van der Waals surface area contributed by atoms with Gasteiger partial charge in [-0.1, -0.05) is 12.1 Å². The lowest BCUT2D eigenvalue weighted by Gasteiger charge is -2.41. The molecule has 0 bridgehead atoms. The van der Waals surface area contributed by atoms with Crippen LogP contribution in [0.15, 0.2) is 48.9 Å². The zero-order valence-electron chi connectivity index (χ0n) is 22.7. The number of carbonyl (C=O) groups excluding carboxylic acids is 1. The highest BCUT2D eigenvalue weighted by Crippen LogP contribution is 2.43. The Labute approximate surface area is 229 Å². The third-order valence-corrected chi connectivity index (χ3v) is 8.00. The maximum atomic E-state index is 15.7. The Morgan fingerprint density at radius 3 is 2.51 bits per heavy atom. The molecule has 1 aliphatic heterocycles. The minimum atomic E-state index is -0.279. The summed E-state index contributed by atoms with van der Waals surface area (Å²) in [6.07, 6.45) is 7.95. The molecule has 3 heterocycles. The molecular formula is C29H37FN8O. The molecule has 1 saturated carbocycles. The normalized spacial score (nSPS) is 17.9. The van der Waals surface area contributed by atoms with E-state index in [1.165, 1.54) is 0 Å². The van der Waals surface area contributed by atoms with Crippen molar-refractivity contribution in [3.05, 3.63) is 60.3 Å². The monoisotopic (exact) mass is 532 g/mol. The van der Waals surface area contributed by atoms with Crippen molar-refractivity contribution in [2.45, 2.75) is 44.7 Å². The van der Waals surface area contributed by atoms with E-state index in [2.05, 4.69) is 35.4 Å². The maximum Gasteiger partial charge on any atom is 0.222 e. The van der Waals surface area contributed by atoms with Crippen molar-refractivity contribution in [1.82, 2.24) is 24.8 Å². The quantitative estimate of drug-likeness (QED) is 0.316. The number of carbonyl (C=O) groups is 1. The van der Waals surface area contributed by atoms with Gasteiger partial charge < -0.3 is 16.4 Å². The highest BCUT2D eigenvalue weighted by Gasteiger charge is 2.52. The van der Waals surface area contributed by atoms with E-state index in [0.29, 0.717) is 29.6 Å². The molecule has 39 heavy (non-hydrogen) atoms. The van der Waals surface area contributed by atoms with E-state index in [0.717, 1.165) is 63.1 Å². The van der Waals surface area contributed by atoms with Crippen molar-refractivity contribution >= 4 is 23.2 Å². The average molecular weight is 533 g/mol. The number of halogens is 1. The van der Waals surface area contributed by atoms with Gasteiger partial charge in [0.05, 0.1) is 11.2 Å². The minimum Gasteiger partial charge on any atom is -0.354 e. The predicted octanol–water partition coefficient (Wildman–Crippen LogP) is 3.98. The summed E-state index contributed by atoms with van der Waals surface area (Å²) in [4.78, 5) is 29.9. The molecule has 0 spiro atoms. The van der Waals surface area contributed by atoms with Crippen LogP contribution in [0.5, 0.6) is 0 Å². The number of hydrogen-bond acceptors (Lipinski definition) is 9. The van der Waals surface area contributed by atoms with Crippen LogP contribution in [0.25, 0.3) is 11.1 Å². The Kier molecular flexibility index (Phi) is 8.15. The second-order valence-corrected chi connectivity index (χ2v) is 10.4. The van der Waals surface area contributed by atoms with Crippen LogP contribution in [0, 0.1) is 5.82 Å². The number of anilines is 3. The first-order chi connectivity index (χ1) is 18.9. The van der Waals surface area contributed by atoms with Gasteiger partial charge in [-0.05, 0) is 63.4 Å². The summed E-state index contributed by atoms with van der Waals surface area (Å²) in [6, 6.07) is 9.09. The summed E-state index contributed by atoms with van der Waals surface area (Å²) in [7, 11) is 0. The molecule has 0 amide bonds. The molecule has 9 nitrogen and oxygen atoms in total. The van der Waals surface area contributed by atoms with Crippen LogP contribution in [-0.4, -0.2) is 75.3 Å². The molecule has 10 heteroatoms.